The Bertz CT molecular complexity index is 462. The van der Waals surface area contributed by atoms with Gasteiger partial charge in [0.25, 0.3) is 0 Å². The van der Waals surface area contributed by atoms with Gasteiger partial charge in [-0.25, -0.2) is 0 Å². The summed E-state index contributed by atoms with van der Waals surface area (Å²) in [5.41, 5.74) is 13.2. The summed E-state index contributed by atoms with van der Waals surface area (Å²) in [5, 5.41) is 0. The number of ether oxygens (including phenoxy) is 1. The third kappa shape index (κ3) is 2.26. The maximum atomic E-state index is 11.2. The molecule has 1 aliphatic rings. The largest absolute Gasteiger partial charge is 0.397 e. The van der Waals surface area contributed by atoms with Crippen LogP contribution in [0.1, 0.15) is 23.7 Å². The number of amides is 1. The third-order valence-corrected chi connectivity index (χ3v) is 3.53. The Morgan fingerprint density at radius 1 is 1.50 bits per heavy atom. The highest BCUT2D eigenvalue weighted by molar-refractivity contribution is 5.95. The van der Waals surface area contributed by atoms with Crippen LogP contribution in [0.15, 0.2) is 18.2 Å². The number of primary amides is 1. The summed E-state index contributed by atoms with van der Waals surface area (Å²) in [4.78, 5) is 13.3. The van der Waals surface area contributed by atoms with Crippen molar-refractivity contribution in [1.82, 2.24) is 0 Å². The minimum absolute atomic E-state index is 0.159. The molecule has 18 heavy (non-hydrogen) atoms. The van der Waals surface area contributed by atoms with Crippen molar-refractivity contribution in [3.05, 3.63) is 23.8 Å². The molecular weight excluding hydrogens is 230 g/mol. The average Bonchev–Trinajstić information content (AvgIpc) is 2.75. The molecule has 1 aromatic rings. The van der Waals surface area contributed by atoms with Crippen LogP contribution in [-0.2, 0) is 4.74 Å². The molecule has 2 atom stereocenters. The van der Waals surface area contributed by atoms with Gasteiger partial charge in [-0.2, -0.15) is 0 Å². The van der Waals surface area contributed by atoms with E-state index >= 15 is 0 Å². The molecule has 0 bridgehead atoms. The van der Waals surface area contributed by atoms with Crippen LogP contribution < -0.4 is 16.4 Å². The number of carbonyl (C=O) groups excluding carboxylic acids is 1. The van der Waals surface area contributed by atoms with E-state index in [1.165, 1.54) is 0 Å². The number of likely N-dealkylation sites (N-methyl/N-ethyl adjacent to an activating group) is 1. The summed E-state index contributed by atoms with van der Waals surface area (Å²) in [5.74, 6) is -0.444. The molecule has 0 saturated carbocycles. The second-order valence-electron chi connectivity index (χ2n) is 4.68. The van der Waals surface area contributed by atoms with Gasteiger partial charge in [-0.3, -0.25) is 4.79 Å². The lowest BCUT2D eigenvalue weighted by Gasteiger charge is -2.30. The summed E-state index contributed by atoms with van der Waals surface area (Å²) >= 11 is 0. The number of hydrogen-bond donors (Lipinski definition) is 2. The quantitative estimate of drug-likeness (QED) is 0.782. The van der Waals surface area contributed by atoms with Crippen molar-refractivity contribution in [2.75, 3.05) is 24.3 Å². The van der Waals surface area contributed by atoms with Gasteiger partial charge in [0.2, 0.25) is 5.91 Å². The van der Waals surface area contributed by atoms with Crippen LogP contribution in [0.3, 0.4) is 0 Å². The van der Waals surface area contributed by atoms with Crippen molar-refractivity contribution in [3.8, 4) is 0 Å². The lowest BCUT2D eigenvalue weighted by atomic mass is 10.1. The molecule has 1 fully saturated rings. The van der Waals surface area contributed by atoms with Crippen LogP contribution in [-0.4, -0.2) is 31.7 Å². The smallest absolute Gasteiger partial charge is 0.248 e. The number of hydrogen-bond acceptors (Lipinski definition) is 4. The Morgan fingerprint density at radius 2 is 2.22 bits per heavy atom. The molecule has 0 aromatic heterocycles. The molecule has 2 unspecified atom stereocenters. The Hall–Kier alpha value is -1.75. The van der Waals surface area contributed by atoms with Gasteiger partial charge >= 0.3 is 0 Å². The van der Waals surface area contributed by atoms with E-state index in [1.807, 2.05) is 14.0 Å². The van der Waals surface area contributed by atoms with E-state index in [0.717, 1.165) is 18.7 Å². The number of benzene rings is 1. The average molecular weight is 249 g/mol. The number of anilines is 2. The lowest BCUT2D eigenvalue weighted by Crippen LogP contribution is -2.37. The SMILES string of the molecule is CC1OCCC1N(C)c1cc(C(N)=O)ccc1N. The predicted molar refractivity (Wildman–Crippen MR) is 71.6 cm³/mol. The topological polar surface area (TPSA) is 81.6 Å². The molecule has 2 rings (SSSR count). The predicted octanol–water partition coefficient (Wildman–Crippen LogP) is 0.981. The van der Waals surface area contributed by atoms with Crippen molar-refractivity contribution in [3.63, 3.8) is 0 Å². The van der Waals surface area contributed by atoms with Crippen molar-refractivity contribution in [1.29, 1.82) is 0 Å². The summed E-state index contributed by atoms with van der Waals surface area (Å²) < 4.78 is 5.55. The van der Waals surface area contributed by atoms with Crippen molar-refractivity contribution in [2.45, 2.75) is 25.5 Å². The summed E-state index contributed by atoms with van der Waals surface area (Å²) in [6.45, 7) is 2.80. The normalized spacial score (nSPS) is 23.0. The van der Waals surface area contributed by atoms with E-state index in [1.54, 1.807) is 18.2 Å². The number of rotatable bonds is 3. The van der Waals surface area contributed by atoms with Gasteiger partial charge in [-0.05, 0) is 31.5 Å². The highest BCUT2D eigenvalue weighted by Gasteiger charge is 2.29. The zero-order chi connectivity index (χ0) is 13.3. The lowest BCUT2D eigenvalue weighted by molar-refractivity contribution is 0.100. The van der Waals surface area contributed by atoms with Gasteiger partial charge in [-0.15, -0.1) is 0 Å². The fourth-order valence-corrected chi connectivity index (χ4v) is 2.41. The van der Waals surface area contributed by atoms with Gasteiger partial charge in [0.1, 0.15) is 0 Å². The van der Waals surface area contributed by atoms with Crippen LogP contribution >= 0.6 is 0 Å². The molecule has 0 radical (unpaired) electrons. The Balaban J connectivity index is 2.31. The molecule has 4 N–H and O–H groups in total. The van der Waals surface area contributed by atoms with Crippen LogP contribution in [0.5, 0.6) is 0 Å². The Kier molecular flexibility index (Phi) is 3.43. The van der Waals surface area contributed by atoms with Crippen LogP contribution in [0.2, 0.25) is 0 Å². The molecule has 5 nitrogen and oxygen atoms in total. The first-order chi connectivity index (χ1) is 8.50. The van der Waals surface area contributed by atoms with Crippen LogP contribution in [0.4, 0.5) is 11.4 Å². The van der Waals surface area contributed by atoms with Gasteiger partial charge in [-0.1, -0.05) is 0 Å². The van der Waals surface area contributed by atoms with E-state index in [2.05, 4.69) is 4.90 Å². The third-order valence-electron chi connectivity index (χ3n) is 3.53. The Labute approximate surface area is 107 Å². The first-order valence-electron chi connectivity index (χ1n) is 6.04. The molecule has 1 aromatic carbocycles. The molecule has 1 aliphatic heterocycles. The maximum absolute atomic E-state index is 11.2. The van der Waals surface area contributed by atoms with E-state index in [-0.39, 0.29) is 12.1 Å². The zero-order valence-electron chi connectivity index (χ0n) is 10.7. The van der Waals surface area contributed by atoms with Crippen molar-refractivity contribution < 1.29 is 9.53 Å². The molecule has 1 saturated heterocycles. The van der Waals surface area contributed by atoms with Gasteiger partial charge < -0.3 is 21.1 Å². The summed E-state index contributed by atoms with van der Waals surface area (Å²) in [7, 11) is 1.96. The zero-order valence-corrected chi connectivity index (χ0v) is 10.7. The van der Waals surface area contributed by atoms with E-state index in [9.17, 15) is 4.79 Å². The molecule has 0 spiro atoms. The number of nitrogens with zero attached hydrogens (tertiary/aromatic N) is 1. The molecule has 0 aliphatic carbocycles. The van der Waals surface area contributed by atoms with Gasteiger partial charge in [0.15, 0.2) is 0 Å². The van der Waals surface area contributed by atoms with Crippen molar-refractivity contribution >= 4 is 17.3 Å². The van der Waals surface area contributed by atoms with Crippen molar-refractivity contribution in [2.24, 2.45) is 5.73 Å². The maximum Gasteiger partial charge on any atom is 0.248 e. The highest BCUT2D eigenvalue weighted by Crippen LogP contribution is 2.29. The van der Waals surface area contributed by atoms with E-state index < -0.39 is 5.91 Å². The van der Waals surface area contributed by atoms with Gasteiger partial charge in [0.05, 0.1) is 23.5 Å². The van der Waals surface area contributed by atoms with E-state index in [4.69, 9.17) is 16.2 Å². The molecular formula is C13H19N3O2. The minimum atomic E-state index is -0.444. The molecule has 1 heterocycles. The summed E-state index contributed by atoms with van der Waals surface area (Å²) in [6.07, 6.45) is 1.12. The molecule has 5 heteroatoms. The fourth-order valence-electron chi connectivity index (χ4n) is 2.41. The number of nitrogens with two attached hydrogens (primary N) is 2. The van der Waals surface area contributed by atoms with Crippen LogP contribution in [0.25, 0.3) is 0 Å². The number of carbonyl (C=O) groups is 1. The molecule has 98 valence electrons. The minimum Gasteiger partial charge on any atom is -0.397 e. The van der Waals surface area contributed by atoms with Crippen LogP contribution in [0, 0.1) is 0 Å². The second-order valence-corrected chi connectivity index (χ2v) is 4.68. The van der Waals surface area contributed by atoms with E-state index in [0.29, 0.717) is 11.3 Å². The molecule has 1 amide bonds. The first-order valence-corrected chi connectivity index (χ1v) is 6.04. The monoisotopic (exact) mass is 249 g/mol. The second kappa shape index (κ2) is 4.86. The highest BCUT2D eigenvalue weighted by atomic mass is 16.5. The Morgan fingerprint density at radius 3 is 2.78 bits per heavy atom. The summed E-state index contributed by atoms with van der Waals surface area (Å²) in [6, 6.07) is 5.37. The first kappa shape index (κ1) is 12.7. The number of nitrogen functional groups attached to an aromatic ring is 1. The van der Waals surface area contributed by atoms with Gasteiger partial charge in [0, 0.05) is 19.2 Å². The fraction of sp³-hybridized carbons (Fsp3) is 0.462. The standard InChI is InChI=1S/C13H19N3O2/c1-8-11(5-6-18-8)16(2)12-7-9(13(15)17)3-4-10(12)14/h3-4,7-8,11H,5-6,14H2,1-2H3,(H2,15,17).